The van der Waals surface area contributed by atoms with Crippen molar-refractivity contribution in [3.63, 3.8) is 0 Å². The summed E-state index contributed by atoms with van der Waals surface area (Å²) in [6.45, 7) is 3.78. The summed E-state index contributed by atoms with van der Waals surface area (Å²) in [6.07, 6.45) is 4.91. The maximum absolute atomic E-state index is 11.0. The monoisotopic (exact) mass is 271 g/mol. The molecule has 2 N–H and O–H groups in total. The lowest BCUT2D eigenvalue weighted by atomic mass is 10.1. The molecule has 1 aromatic carbocycles. The highest BCUT2D eigenvalue weighted by Crippen LogP contribution is 2.08. The van der Waals surface area contributed by atoms with E-state index in [1.165, 1.54) is 19.3 Å². The average Bonchev–Trinajstić information content (AvgIpc) is 2.34. The van der Waals surface area contributed by atoms with Gasteiger partial charge in [0.2, 0.25) is 0 Å². The first kappa shape index (κ1) is 16.9. The highest BCUT2D eigenvalue weighted by atomic mass is 35.5. The standard InChI is InChI=1S/C14H21NO2.ClH/c1-2-3-4-7-10-15-11-12-8-5-6-9-13(12)14(16)17;/h5-6,8-9,15H,2-4,7,10-11H2,1H3,(H,16,17);1H. The third-order valence-corrected chi connectivity index (χ3v) is 2.77. The number of rotatable bonds is 8. The molecule has 0 aliphatic rings. The molecule has 0 unspecified atom stereocenters. The van der Waals surface area contributed by atoms with Crippen LogP contribution >= 0.6 is 12.4 Å². The van der Waals surface area contributed by atoms with Crippen LogP contribution in [0, 0.1) is 0 Å². The Kier molecular flexibility index (Phi) is 9.33. The molecule has 0 saturated carbocycles. The zero-order valence-corrected chi connectivity index (χ0v) is 11.6. The van der Waals surface area contributed by atoms with Crippen LogP contribution in [0.4, 0.5) is 0 Å². The third-order valence-electron chi connectivity index (χ3n) is 2.77. The number of benzene rings is 1. The molecule has 0 radical (unpaired) electrons. The van der Waals surface area contributed by atoms with E-state index in [9.17, 15) is 4.79 Å². The Morgan fingerprint density at radius 3 is 2.61 bits per heavy atom. The van der Waals surface area contributed by atoms with Crippen molar-refractivity contribution in [1.82, 2.24) is 5.32 Å². The normalized spacial score (nSPS) is 9.83. The van der Waals surface area contributed by atoms with E-state index in [-0.39, 0.29) is 12.4 Å². The van der Waals surface area contributed by atoms with Gasteiger partial charge in [-0.15, -0.1) is 12.4 Å². The van der Waals surface area contributed by atoms with Crippen LogP contribution in [0.3, 0.4) is 0 Å². The number of unbranched alkanes of at least 4 members (excludes halogenated alkanes) is 3. The van der Waals surface area contributed by atoms with E-state index in [4.69, 9.17) is 5.11 Å². The number of halogens is 1. The summed E-state index contributed by atoms with van der Waals surface area (Å²) in [5.41, 5.74) is 1.25. The topological polar surface area (TPSA) is 49.3 Å². The zero-order valence-electron chi connectivity index (χ0n) is 10.8. The van der Waals surface area contributed by atoms with Crippen molar-refractivity contribution in [2.45, 2.75) is 39.2 Å². The summed E-state index contributed by atoms with van der Waals surface area (Å²) in [7, 11) is 0. The molecule has 0 atom stereocenters. The predicted molar refractivity (Wildman–Crippen MR) is 76.5 cm³/mol. The van der Waals surface area contributed by atoms with Gasteiger partial charge >= 0.3 is 5.97 Å². The molecule has 102 valence electrons. The van der Waals surface area contributed by atoms with Gasteiger partial charge in [-0.3, -0.25) is 0 Å². The van der Waals surface area contributed by atoms with Gasteiger partial charge in [-0.25, -0.2) is 4.79 Å². The van der Waals surface area contributed by atoms with Gasteiger partial charge in [0.25, 0.3) is 0 Å². The summed E-state index contributed by atoms with van der Waals surface area (Å²) < 4.78 is 0. The number of carboxylic acids is 1. The molecule has 0 aliphatic heterocycles. The van der Waals surface area contributed by atoms with Crippen LogP contribution in [0.25, 0.3) is 0 Å². The minimum Gasteiger partial charge on any atom is -0.478 e. The summed E-state index contributed by atoms with van der Waals surface area (Å²) in [6, 6.07) is 7.15. The third kappa shape index (κ3) is 6.03. The van der Waals surface area contributed by atoms with Gasteiger partial charge < -0.3 is 10.4 Å². The van der Waals surface area contributed by atoms with Gasteiger partial charge in [-0.05, 0) is 24.6 Å². The number of nitrogens with one attached hydrogen (secondary N) is 1. The van der Waals surface area contributed by atoms with Gasteiger partial charge in [-0.2, -0.15) is 0 Å². The molecule has 0 spiro atoms. The number of carbonyl (C=O) groups is 1. The van der Waals surface area contributed by atoms with Crippen LogP contribution in [-0.2, 0) is 6.54 Å². The van der Waals surface area contributed by atoms with E-state index >= 15 is 0 Å². The first-order valence-electron chi connectivity index (χ1n) is 6.27. The number of hydrogen-bond acceptors (Lipinski definition) is 2. The van der Waals surface area contributed by atoms with Gasteiger partial charge in [0.05, 0.1) is 5.56 Å². The van der Waals surface area contributed by atoms with Crippen LogP contribution in [0.1, 0.15) is 48.5 Å². The van der Waals surface area contributed by atoms with Crippen LogP contribution in [-0.4, -0.2) is 17.6 Å². The summed E-state index contributed by atoms with van der Waals surface area (Å²) in [5, 5.41) is 12.3. The molecule has 0 heterocycles. The van der Waals surface area contributed by atoms with Gasteiger partial charge in [-0.1, -0.05) is 44.4 Å². The Labute approximate surface area is 115 Å². The molecule has 3 nitrogen and oxygen atoms in total. The second kappa shape index (κ2) is 9.92. The van der Waals surface area contributed by atoms with E-state index < -0.39 is 5.97 Å². The van der Waals surface area contributed by atoms with Crippen molar-refractivity contribution in [2.75, 3.05) is 6.54 Å². The molecule has 0 bridgehead atoms. The van der Waals surface area contributed by atoms with Crippen LogP contribution < -0.4 is 5.32 Å². The lowest BCUT2D eigenvalue weighted by Gasteiger charge is -2.07. The lowest BCUT2D eigenvalue weighted by Crippen LogP contribution is -2.17. The molecular formula is C14H22ClNO2. The second-order valence-electron chi connectivity index (χ2n) is 4.20. The molecule has 0 amide bonds. The first-order chi connectivity index (χ1) is 8.25. The molecule has 1 rings (SSSR count). The summed E-state index contributed by atoms with van der Waals surface area (Å²) in [5.74, 6) is -0.853. The van der Waals surface area contributed by atoms with Crippen molar-refractivity contribution in [3.05, 3.63) is 35.4 Å². The minimum absolute atomic E-state index is 0. The van der Waals surface area contributed by atoms with Crippen molar-refractivity contribution >= 4 is 18.4 Å². The minimum atomic E-state index is -0.853. The molecule has 1 aromatic rings. The quantitative estimate of drug-likeness (QED) is 0.712. The Hall–Kier alpha value is -1.06. The average molecular weight is 272 g/mol. The number of aromatic carboxylic acids is 1. The fraction of sp³-hybridized carbons (Fsp3) is 0.500. The van der Waals surface area contributed by atoms with Gasteiger partial charge in [0, 0.05) is 6.54 Å². The first-order valence-corrected chi connectivity index (χ1v) is 6.27. The molecule has 0 aliphatic carbocycles. The molecule has 0 fully saturated rings. The molecule has 4 heteroatoms. The number of hydrogen-bond donors (Lipinski definition) is 2. The molecule has 0 aromatic heterocycles. The predicted octanol–water partition coefficient (Wildman–Crippen LogP) is 3.48. The lowest BCUT2D eigenvalue weighted by molar-refractivity contribution is 0.0695. The van der Waals surface area contributed by atoms with Gasteiger partial charge in [0.15, 0.2) is 0 Å². The fourth-order valence-electron chi connectivity index (χ4n) is 1.78. The van der Waals surface area contributed by atoms with E-state index in [2.05, 4.69) is 12.2 Å². The zero-order chi connectivity index (χ0) is 12.5. The van der Waals surface area contributed by atoms with Crippen molar-refractivity contribution in [3.8, 4) is 0 Å². The van der Waals surface area contributed by atoms with Crippen LogP contribution in [0.15, 0.2) is 24.3 Å². The van der Waals surface area contributed by atoms with Crippen molar-refractivity contribution in [2.24, 2.45) is 0 Å². The molecule has 0 saturated heterocycles. The molecule has 18 heavy (non-hydrogen) atoms. The summed E-state index contributed by atoms with van der Waals surface area (Å²) >= 11 is 0. The van der Waals surface area contributed by atoms with Crippen LogP contribution in [0.5, 0.6) is 0 Å². The van der Waals surface area contributed by atoms with Crippen LogP contribution in [0.2, 0.25) is 0 Å². The Bertz CT molecular complexity index is 355. The van der Waals surface area contributed by atoms with E-state index in [1.807, 2.05) is 12.1 Å². The Balaban J connectivity index is 0.00000289. The van der Waals surface area contributed by atoms with E-state index in [0.29, 0.717) is 12.1 Å². The maximum Gasteiger partial charge on any atom is 0.336 e. The largest absolute Gasteiger partial charge is 0.478 e. The highest BCUT2D eigenvalue weighted by Gasteiger charge is 2.07. The van der Waals surface area contributed by atoms with Crippen molar-refractivity contribution in [1.29, 1.82) is 0 Å². The Morgan fingerprint density at radius 1 is 1.22 bits per heavy atom. The summed E-state index contributed by atoms with van der Waals surface area (Å²) in [4.78, 5) is 11.0. The Morgan fingerprint density at radius 2 is 1.94 bits per heavy atom. The second-order valence-corrected chi connectivity index (χ2v) is 4.20. The fourth-order valence-corrected chi connectivity index (χ4v) is 1.78. The smallest absolute Gasteiger partial charge is 0.336 e. The van der Waals surface area contributed by atoms with Gasteiger partial charge in [0.1, 0.15) is 0 Å². The number of carboxylic acid groups (broad SMARTS) is 1. The van der Waals surface area contributed by atoms with Crippen molar-refractivity contribution < 1.29 is 9.90 Å². The van der Waals surface area contributed by atoms with E-state index in [1.54, 1.807) is 12.1 Å². The van der Waals surface area contributed by atoms with E-state index in [0.717, 1.165) is 18.5 Å². The molecular weight excluding hydrogens is 250 g/mol. The highest BCUT2D eigenvalue weighted by molar-refractivity contribution is 5.89. The maximum atomic E-state index is 11.0. The SMILES string of the molecule is CCCCCCNCc1ccccc1C(=O)O.Cl.